The van der Waals surface area contributed by atoms with Crippen LogP contribution in [0.1, 0.15) is 6.42 Å². The molecule has 3 N–H and O–H groups in total. The number of nitrogens with two attached hydrogens (primary N) is 1. The summed E-state index contributed by atoms with van der Waals surface area (Å²) in [7, 11) is 3.51. The number of nitrogens with one attached hydrogen (secondary N) is 1. The minimum absolute atomic E-state index is 0.102. The number of amides is 1. The number of rotatable bonds is 4. The maximum atomic E-state index is 11.5. The third kappa shape index (κ3) is 2.93. The molecule has 1 aromatic carbocycles. The Morgan fingerprint density at radius 1 is 1.37 bits per heavy atom. The van der Waals surface area contributed by atoms with Gasteiger partial charge in [0.25, 0.3) is 0 Å². The summed E-state index contributed by atoms with van der Waals surface area (Å²) >= 11 is 0. The van der Waals surface area contributed by atoms with Gasteiger partial charge in [0.1, 0.15) is 0 Å². The highest BCUT2D eigenvalue weighted by Gasteiger charge is 2.06. The van der Waals surface area contributed by atoms with Crippen LogP contribution in [0.4, 0.5) is 11.4 Å². The van der Waals surface area contributed by atoms with Crippen LogP contribution in [0.2, 0.25) is 0 Å². The van der Waals surface area contributed by atoms with E-state index in [1.54, 1.807) is 25.2 Å². The molecule has 0 aliphatic rings. The molecule has 0 aliphatic carbocycles. The van der Waals surface area contributed by atoms with E-state index < -0.39 is 0 Å². The predicted octanol–water partition coefficient (Wildman–Crippen LogP) is 1.71. The summed E-state index contributed by atoms with van der Waals surface area (Å²) in [5.74, 6) is 0.102. The summed E-state index contributed by atoms with van der Waals surface area (Å²) in [6.07, 6.45) is 2.17. The van der Waals surface area contributed by atoms with Gasteiger partial charge in [-0.2, -0.15) is 0 Å². The second kappa shape index (κ2) is 5.56. The summed E-state index contributed by atoms with van der Waals surface area (Å²) in [4.78, 5) is 17.4. The molecule has 19 heavy (non-hydrogen) atoms. The maximum absolute atomic E-state index is 11.5. The molecule has 1 heterocycles. The van der Waals surface area contributed by atoms with Gasteiger partial charge in [-0.1, -0.05) is 12.1 Å². The number of fused-ring (bicyclic) bond motifs is 1. The first-order chi connectivity index (χ1) is 9.09. The second-order valence-electron chi connectivity index (χ2n) is 4.57. The zero-order valence-electron chi connectivity index (χ0n) is 11.2. The lowest BCUT2D eigenvalue weighted by atomic mass is 10.1. The molecule has 0 saturated carbocycles. The smallest absolute Gasteiger partial charge is 0.223 e. The molecule has 1 aromatic heterocycles. The molecule has 0 radical (unpaired) electrons. The van der Waals surface area contributed by atoms with Crippen molar-refractivity contribution < 1.29 is 4.79 Å². The minimum atomic E-state index is 0.102. The van der Waals surface area contributed by atoms with E-state index in [1.807, 2.05) is 24.3 Å². The first kappa shape index (κ1) is 13.1. The van der Waals surface area contributed by atoms with Crippen LogP contribution < -0.4 is 11.1 Å². The van der Waals surface area contributed by atoms with Gasteiger partial charge >= 0.3 is 0 Å². The topological polar surface area (TPSA) is 71.2 Å². The molecule has 0 fully saturated rings. The lowest BCUT2D eigenvalue weighted by Gasteiger charge is -2.12. The maximum Gasteiger partial charge on any atom is 0.223 e. The van der Waals surface area contributed by atoms with Crippen molar-refractivity contribution in [2.45, 2.75) is 6.42 Å². The monoisotopic (exact) mass is 258 g/mol. The molecule has 0 saturated heterocycles. The Morgan fingerprint density at radius 2 is 2.16 bits per heavy atom. The fourth-order valence-electron chi connectivity index (χ4n) is 1.88. The number of para-hydroxylation sites is 1. The molecule has 2 aromatic rings. The summed E-state index contributed by atoms with van der Waals surface area (Å²) in [6, 6.07) is 7.58. The molecule has 1 amide bonds. The van der Waals surface area contributed by atoms with E-state index in [0.29, 0.717) is 18.7 Å². The van der Waals surface area contributed by atoms with Crippen molar-refractivity contribution in [3.05, 3.63) is 30.5 Å². The molecular formula is C14H18N4O. The zero-order valence-corrected chi connectivity index (χ0v) is 11.2. The number of nitrogens with zero attached hydrogens (tertiary/aromatic N) is 2. The van der Waals surface area contributed by atoms with Crippen LogP contribution in [-0.4, -0.2) is 36.4 Å². The lowest BCUT2D eigenvalue weighted by molar-refractivity contribution is -0.128. The van der Waals surface area contributed by atoms with Crippen molar-refractivity contribution in [2.75, 3.05) is 31.7 Å². The van der Waals surface area contributed by atoms with Crippen LogP contribution in [0, 0.1) is 0 Å². The van der Waals surface area contributed by atoms with Crippen molar-refractivity contribution in [3.8, 4) is 0 Å². The largest absolute Gasteiger partial charge is 0.397 e. The molecule has 5 nitrogen and oxygen atoms in total. The number of pyridine rings is 1. The van der Waals surface area contributed by atoms with Crippen LogP contribution in [0.25, 0.3) is 10.9 Å². The van der Waals surface area contributed by atoms with E-state index in [9.17, 15) is 4.79 Å². The molecule has 100 valence electrons. The lowest BCUT2D eigenvalue weighted by Crippen LogP contribution is -2.23. The van der Waals surface area contributed by atoms with E-state index in [-0.39, 0.29) is 5.91 Å². The van der Waals surface area contributed by atoms with Crippen molar-refractivity contribution >= 4 is 28.2 Å². The van der Waals surface area contributed by atoms with E-state index in [0.717, 1.165) is 16.6 Å². The number of hydrogen-bond acceptors (Lipinski definition) is 4. The number of nitrogen functional groups attached to an aromatic ring is 1. The van der Waals surface area contributed by atoms with Crippen LogP contribution in [0.5, 0.6) is 0 Å². The van der Waals surface area contributed by atoms with E-state index in [4.69, 9.17) is 5.73 Å². The van der Waals surface area contributed by atoms with Crippen molar-refractivity contribution in [1.82, 2.24) is 9.88 Å². The average molecular weight is 258 g/mol. The van der Waals surface area contributed by atoms with Crippen LogP contribution in [0.3, 0.4) is 0 Å². The Hall–Kier alpha value is -2.30. The third-order valence-electron chi connectivity index (χ3n) is 2.96. The predicted molar refractivity (Wildman–Crippen MR) is 78.0 cm³/mol. The quantitative estimate of drug-likeness (QED) is 0.819. The Kier molecular flexibility index (Phi) is 3.85. The first-order valence-corrected chi connectivity index (χ1v) is 6.17. The number of carbonyl (C=O) groups is 1. The summed E-state index contributed by atoms with van der Waals surface area (Å²) < 4.78 is 0. The van der Waals surface area contributed by atoms with Gasteiger partial charge in [-0.05, 0) is 12.1 Å². The first-order valence-electron chi connectivity index (χ1n) is 6.17. The van der Waals surface area contributed by atoms with Gasteiger partial charge in [0.05, 0.1) is 11.2 Å². The standard InChI is InChI=1S/C14H18N4O/c1-18(2)13(19)7-9-16-12-6-8-17-14-10(12)4-3-5-11(14)15/h3-6,8H,7,9,15H2,1-2H3,(H,16,17). The van der Waals surface area contributed by atoms with Crippen molar-refractivity contribution in [1.29, 1.82) is 0 Å². The molecular weight excluding hydrogens is 240 g/mol. The Labute approximate surface area is 112 Å². The number of hydrogen-bond donors (Lipinski definition) is 2. The van der Waals surface area contributed by atoms with Gasteiger partial charge < -0.3 is 16.0 Å². The van der Waals surface area contributed by atoms with Gasteiger partial charge in [-0.25, -0.2) is 0 Å². The highest BCUT2D eigenvalue weighted by atomic mass is 16.2. The molecule has 0 atom stereocenters. The van der Waals surface area contributed by atoms with Crippen LogP contribution in [0.15, 0.2) is 30.5 Å². The average Bonchev–Trinajstić information content (AvgIpc) is 2.39. The van der Waals surface area contributed by atoms with Gasteiger partial charge in [-0.15, -0.1) is 0 Å². The molecule has 0 bridgehead atoms. The Balaban J connectivity index is 2.13. The third-order valence-corrected chi connectivity index (χ3v) is 2.96. The van der Waals surface area contributed by atoms with Crippen LogP contribution in [-0.2, 0) is 4.79 Å². The molecule has 0 unspecified atom stereocenters. The van der Waals surface area contributed by atoms with E-state index in [2.05, 4.69) is 10.3 Å². The normalized spacial score (nSPS) is 10.4. The molecule has 0 spiro atoms. The fraction of sp³-hybridized carbons (Fsp3) is 0.286. The summed E-state index contributed by atoms with van der Waals surface area (Å²) in [5.41, 5.74) is 8.28. The summed E-state index contributed by atoms with van der Waals surface area (Å²) in [5, 5.41) is 4.23. The number of anilines is 2. The van der Waals surface area contributed by atoms with Gasteiger partial charge in [0, 0.05) is 44.3 Å². The van der Waals surface area contributed by atoms with Crippen molar-refractivity contribution in [2.24, 2.45) is 0 Å². The highest BCUT2D eigenvalue weighted by molar-refractivity contribution is 5.97. The van der Waals surface area contributed by atoms with Crippen molar-refractivity contribution in [3.63, 3.8) is 0 Å². The van der Waals surface area contributed by atoms with Gasteiger partial charge in [0.2, 0.25) is 5.91 Å². The molecule has 2 rings (SSSR count). The Morgan fingerprint density at radius 3 is 2.89 bits per heavy atom. The molecule has 5 heteroatoms. The van der Waals surface area contributed by atoms with E-state index >= 15 is 0 Å². The van der Waals surface area contributed by atoms with Crippen LogP contribution >= 0.6 is 0 Å². The van der Waals surface area contributed by atoms with E-state index in [1.165, 1.54) is 0 Å². The summed E-state index contributed by atoms with van der Waals surface area (Å²) in [6.45, 7) is 0.588. The SMILES string of the molecule is CN(C)C(=O)CCNc1ccnc2c(N)cccc12. The zero-order chi connectivity index (χ0) is 13.8. The Bertz CT molecular complexity index is 595. The highest BCUT2D eigenvalue weighted by Crippen LogP contribution is 2.25. The number of benzene rings is 1. The number of aromatic nitrogens is 1. The minimum Gasteiger partial charge on any atom is -0.397 e. The van der Waals surface area contributed by atoms with Gasteiger partial charge in [0.15, 0.2) is 0 Å². The van der Waals surface area contributed by atoms with Gasteiger partial charge in [-0.3, -0.25) is 9.78 Å². The fourth-order valence-corrected chi connectivity index (χ4v) is 1.88. The number of carbonyl (C=O) groups excluding carboxylic acids is 1. The second-order valence-corrected chi connectivity index (χ2v) is 4.57. The molecule has 0 aliphatic heterocycles.